The Morgan fingerprint density at radius 3 is 2.67 bits per heavy atom. The zero-order chi connectivity index (χ0) is 16.0. The number of nitrogens with one attached hydrogen (secondary N) is 1. The van der Waals surface area contributed by atoms with Crippen LogP contribution in [0, 0.1) is 0 Å². The number of ether oxygens (including phenoxy) is 1. The van der Waals surface area contributed by atoms with Gasteiger partial charge in [-0.3, -0.25) is 4.79 Å². The van der Waals surface area contributed by atoms with E-state index in [0.29, 0.717) is 12.7 Å². The first kappa shape index (κ1) is 16.8. The smallest absolute Gasteiger partial charge is 0.409 e. The van der Waals surface area contributed by atoms with E-state index in [2.05, 4.69) is 10.5 Å². The van der Waals surface area contributed by atoms with Crippen LogP contribution in [-0.4, -0.2) is 30.2 Å². The molecule has 0 spiro atoms. The molecular formula is C12H14F3N3O3. The third-order valence-electron chi connectivity index (χ3n) is 2.43. The molecule has 0 atom stereocenters. The lowest BCUT2D eigenvalue weighted by Crippen LogP contribution is -2.22. The molecule has 1 amide bonds. The highest BCUT2D eigenvalue weighted by Gasteiger charge is 2.34. The number of rotatable bonds is 5. The fraction of sp³-hybridized carbons (Fsp3) is 0.333. The number of halogens is 3. The largest absolute Gasteiger partial charge is 0.417 e. The predicted octanol–water partition coefficient (Wildman–Crippen LogP) is 1.77. The zero-order valence-corrected chi connectivity index (χ0v) is 11.1. The van der Waals surface area contributed by atoms with E-state index in [-0.39, 0.29) is 12.3 Å². The van der Waals surface area contributed by atoms with E-state index in [4.69, 9.17) is 15.7 Å². The van der Waals surface area contributed by atoms with Crippen LogP contribution in [0.15, 0.2) is 23.4 Å². The van der Waals surface area contributed by atoms with Crippen molar-refractivity contribution in [3.05, 3.63) is 29.3 Å². The molecule has 4 N–H and O–H groups in total. The van der Waals surface area contributed by atoms with Crippen molar-refractivity contribution in [2.45, 2.75) is 13.1 Å². The fourth-order valence-corrected chi connectivity index (χ4v) is 1.53. The SMILES string of the molecule is CCOCC(=O)Nc1ccc(C(N)=NO)c(C(F)(F)F)c1. The van der Waals surface area contributed by atoms with Crippen LogP contribution >= 0.6 is 0 Å². The predicted molar refractivity (Wildman–Crippen MR) is 69.1 cm³/mol. The lowest BCUT2D eigenvalue weighted by atomic mass is 10.1. The summed E-state index contributed by atoms with van der Waals surface area (Å²) in [6.07, 6.45) is -4.72. The molecule has 0 saturated heterocycles. The molecule has 1 aromatic rings. The summed E-state index contributed by atoms with van der Waals surface area (Å²) in [5.74, 6) is -1.25. The van der Waals surface area contributed by atoms with E-state index in [1.54, 1.807) is 6.92 Å². The van der Waals surface area contributed by atoms with Crippen molar-refractivity contribution < 1.29 is 27.9 Å². The Kier molecular flexibility index (Phi) is 5.53. The second-order valence-corrected chi connectivity index (χ2v) is 3.93. The monoisotopic (exact) mass is 305 g/mol. The fourth-order valence-electron chi connectivity index (χ4n) is 1.53. The van der Waals surface area contributed by atoms with E-state index in [1.165, 1.54) is 6.07 Å². The summed E-state index contributed by atoms with van der Waals surface area (Å²) in [4.78, 5) is 11.4. The third kappa shape index (κ3) is 4.63. The molecule has 0 saturated carbocycles. The molecule has 21 heavy (non-hydrogen) atoms. The number of alkyl halides is 3. The van der Waals surface area contributed by atoms with Gasteiger partial charge in [0.25, 0.3) is 0 Å². The highest BCUT2D eigenvalue weighted by molar-refractivity contribution is 5.99. The van der Waals surface area contributed by atoms with Crippen LogP contribution in [0.2, 0.25) is 0 Å². The zero-order valence-electron chi connectivity index (χ0n) is 11.1. The first-order chi connectivity index (χ1) is 9.79. The van der Waals surface area contributed by atoms with Gasteiger partial charge in [0.05, 0.1) is 5.56 Å². The van der Waals surface area contributed by atoms with Crippen molar-refractivity contribution in [3.63, 3.8) is 0 Å². The van der Waals surface area contributed by atoms with Crippen molar-refractivity contribution in [1.82, 2.24) is 0 Å². The van der Waals surface area contributed by atoms with Crippen LogP contribution in [-0.2, 0) is 15.7 Å². The Balaban J connectivity index is 3.08. The van der Waals surface area contributed by atoms with Gasteiger partial charge in [0.1, 0.15) is 6.61 Å². The quantitative estimate of drug-likeness (QED) is 0.334. The lowest BCUT2D eigenvalue weighted by Gasteiger charge is -2.14. The van der Waals surface area contributed by atoms with Gasteiger partial charge in [-0.25, -0.2) is 0 Å². The summed E-state index contributed by atoms with van der Waals surface area (Å²) >= 11 is 0. The molecule has 1 aromatic carbocycles. The number of benzene rings is 1. The number of anilines is 1. The number of nitrogens with two attached hydrogens (primary N) is 1. The maximum Gasteiger partial charge on any atom is 0.417 e. The van der Waals surface area contributed by atoms with E-state index in [0.717, 1.165) is 6.07 Å². The van der Waals surface area contributed by atoms with Gasteiger partial charge < -0.3 is 21.0 Å². The Hall–Kier alpha value is -2.29. The number of oxime groups is 1. The molecule has 0 aliphatic carbocycles. The number of carbonyl (C=O) groups excluding carboxylic acids is 1. The van der Waals surface area contributed by atoms with Gasteiger partial charge in [-0.1, -0.05) is 5.16 Å². The highest BCUT2D eigenvalue weighted by atomic mass is 19.4. The minimum absolute atomic E-state index is 0.0680. The molecular weight excluding hydrogens is 291 g/mol. The summed E-state index contributed by atoms with van der Waals surface area (Å²) in [5.41, 5.74) is 3.54. The molecule has 1 rings (SSSR count). The highest BCUT2D eigenvalue weighted by Crippen LogP contribution is 2.33. The molecule has 0 fully saturated rings. The standard InChI is InChI=1S/C12H14F3N3O3/c1-2-21-6-10(19)17-7-3-4-8(11(16)18-20)9(5-7)12(13,14)15/h3-5,20H,2,6H2,1H3,(H2,16,18)(H,17,19). The Labute approximate surface area is 118 Å². The number of amides is 1. The maximum atomic E-state index is 12.9. The summed E-state index contributed by atoms with van der Waals surface area (Å²) < 4.78 is 43.6. The van der Waals surface area contributed by atoms with Crippen LogP contribution in [0.1, 0.15) is 18.1 Å². The van der Waals surface area contributed by atoms with Crippen molar-refractivity contribution in [3.8, 4) is 0 Å². The summed E-state index contributed by atoms with van der Waals surface area (Å²) in [6, 6.07) is 2.93. The summed E-state index contributed by atoms with van der Waals surface area (Å²) in [5, 5.41) is 13.3. The minimum atomic E-state index is -4.72. The molecule has 0 aliphatic heterocycles. The Bertz CT molecular complexity index is 544. The van der Waals surface area contributed by atoms with E-state index < -0.39 is 29.0 Å². The van der Waals surface area contributed by atoms with E-state index in [9.17, 15) is 18.0 Å². The van der Waals surface area contributed by atoms with Gasteiger partial charge in [0.2, 0.25) is 5.91 Å². The normalized spacial score (nSPS) is 12.3. The first-order valence-corrected chi connectivity index (χ1v) is 5.86. The minimum Gasteiger partial charge on any atom is -0.409 e. The molecule has 0 unspecified atom stereocenters. The number of hydrogen-bond donors (Lipinski definition) is 3. The van der Waals surface area contributed by atoms with Crippen molar-refractivity contribution in [1.29, 1.82) is 0 Å². The molecule has 0 heterocycles. The number of hydrogen-bond acceptors (Lipinski definition) is 4. The van der Waals surface area contributed by atoms with Gasteiger partial charge >= 0.3 is 6.18 Å². The van der Waals surface area contributed by atoms with Crippen molar-refractivity contribution in [2.75, 3.05) is 18.5 Å². The molecule has 6 nitrogen and oxygen atoms in total. The Morgan fingerprint density at radius 2 is 2.14 bits per heavy atom. The van der Waals surface area contributed by atoms with Crippen molar-refractivity contribution >= 4 is 17.4 Å². The molecule has 0 aliphatic rings. The molecule has 0 radical (unpaired) electrons. The second kappa shape index (κ2) is 6.93. The van der Waals surface area contributed by atoms with Crippen LogP contribution < -0.4 is 11.1 Å². The van der Waals surface area contributed by atoms with Gasteiger partial charge in [0, 0.05) is 17.9 Å². The van der Waals surface area contributed by atoms with Gasteiger partial charge in [-0.15, -0.1) is 0 Å². The molecule has 116 valence electrons. The Morgan fingerprint density at radius 1 is 1.48 bits per heavy atom. The van der Waals surface area contributed by atoms with Crippen molar-refractivity contribution in [2.24, 2.45) is 10.9 Å². The molecule has 9 heteroatoms. The van der Waals surface area contributed by atoms with Crippen LogP contribution in [0.25, 0.3) is 0 Å². The topological polar surface area (TPSA) is 96.9 Å². The van der Waals surface area contributed by atoms with E-state index in [1.807, 2.05) is 0 Å². The van der Waals surface area contributed by atoms with Gasteiger partial charge in [-0.2, -0.15) is 13.2 Å². The summed E-state index contributed by atoms with van der Waals surface area (Å²) in [7, 11) is 0. The lowest BCUT2D eigenvalue weighted by molar-refractivity contribution is -0.137. The number of nitrogens with zero attached hydrogens (tertiary/aromatic N) is 1. The number of carbonyl (C=O) groups is 1. The van der Waals surface area contributed by atoms with Crippen LogP contribution in [0.4, 0.5) is 18.9 Å². The molecule has 0 aromatic heterocycles. The third-order valence-corrected chi connectivity index (χ3v) is 2.43. The van der Waals surface area contributed by atoms with Gasteiger partial charge in [-0.05, 0) is 25.1 Å². The van der Waals surface area contributed by atoms with Gasteiger partial charge in [0.15, 0.2) is 5.84 Å². The maximum absolute atomic E-state index is 12.9. The van der Waals surface area contributed by atoms with Crippen LogP contribution in [0.5, 0.6) is 0 Å². The van der Waals surface area contributed by atoms with Crippen LogP contribution in [0.3, 0.4) is 0 Å². The second-order valence-electron chi connectivity index (χ2n) is 3.93. The average molecular weight is 305 g/mol. The van der Waals surface area contributed by atoms with E-state index >= 15 is 0 Å². The summed E-state index contributed by atoms with van der Waals surface area (Å²) in [6.45, 7) is 1.73. The first-order valence-electron chi connectivity index (χ1n) is 5.86. The molecule has 0 bridgehead atoms. The number of amidine groups is 1. The average Bonchev–Trinajstić information content (AvgIpc) is 2.43.